The zero-order valence-corrected chi connectivity index (χ0v) is 16.3. The second-order valence-corrected chi connectivity index (χ2v) is 7.87. The predicted octanol–water partition coefficient (Wildman–Crippen LogP) is 4.46. The van der Waals surface area contributed by atoms with E-state index in [2.05, 4.69) is 15.3 Å². The molecule has 0 aliphatic carbocycles. The summed E-state index contributed by atoms with van der Waals surface area (Å²) in [6.07, 6.45) is 0.472. The molecule has 1 atom stereocenters. The number of carbonyl (C=O) groups is 2. The minimum Gasteiger partial charge on any atom is -0.465 e. The molecule has 144 valence electrons. The molecule has 0 aromatic carbocycles. The third-order valence-electron chi connectivity index (χ3n) is 3.82. The maximum absolute atomic E-state index is 13.0. The van der Waals surface area contributed by atoms with Crippen molar-refractivity contribution >= 4 is 34.7 Å². The number of rotatable bonds is 11. The number of thiophene rings is 2. The summed E-state index contributed by atoms with van der Waals surface area (Å²) in [5.74, 6) is -0.208. The highest BCUT2D eigenvalue weighted by atomic mass is 32.1. The summed E-state index contributed by atoms with van der Waals surface area (Å²) >= 11 is 3.15. The smallest absolute Gasteiger partial charge is 0.404 e. The Morgan fingerprint density at radius 1 is 1.19 bits per heavy atom. The maximum atomic E-state index is 13.0. The zero-order valence-electron chi connectivity index (χ0n) is 14.7. The molecule has 10 heteroatoms. The van der Waals surface area contributed by atoms with Crippen molar-refractivity contribution in [1.82, 2.24) is 10.2 Å². The van der Waals surface area contributed by atoms with Crippen LogP contribution in [-0.4, -0.2) is 34.6 Å². The van der Waals surface area contributed by atoms with Crippen molar-refractivity contribution in [2.24, 2.45) is 5.11 Å². The molecule has 0 bridgehead atoms. The number of nitrogens with one attached hydrogen (secondary N) is 1. The van der Waals surface area contributed by atoms with Crippen LogP contribution in [0.5, 0.6) is 0 Å². The van der Waals surface area contributed by atoms with Gasteiger partial charge in [-0.1, -0.05) is 23.7 Å². The fourth-order valence-corrected chi connectivity index (χ4v) is 3.99. The van der Waals surface area contributed by atoms with Gasteiger partial charge in [0.25, 0.3) is 0 Å². The SMILES string of the molecule is [N-]=[N+]=N[C@H](CCCCNC(=O)O)C(=O)N(Cc1cccs1)Cc1cccs1. The summed E-state index contributed by atoms with van der Waals surface area (Å²) < 4.78 is 0. The Labute approximate surface area is 165 Å². The van der Waals surface area contributed by atoms with E-state index in [9.17, 15) is 9.59 Å². The van der Waals surface area contributed by atoms with Crippen LogP contribution >= 0.6 is 22.7 Å². The fourth-order valence-electron chi connectivity index (χ4n) is 2.55. The molecule has 2 heterocycles. The van der Waals surface area contributed by atoms with Crippen molar-refractivity contribution in [2.45, 2.75) is 38.4 Å². The molecule has 0 aliphatic rings. The molecular weight excluding hydrogens is 386 g/mol. The van der Waals surface area contributed by atoms with Gasteiger partial charge < -0.3 is 15.3 Å². The van der Waals surface area contributed by atoms with Crippen LogP contribution in [0, 0.1) is 0 Å². The highest BCUT2D eigenvalue weighted by molar-refractivity contribution is 7.10. The average molecular weight is 408 g/mol. The van der Waals surface area contributed by atoms with Crippen molar-refractivity contribution < 1.29 is 14.7 Å². The standard InChI is InChI=1S/C17H21N5O3S2/c18-21-20-15(7-1-2-8-19-17(24)25)16(23)22(11-13-5-3-9-26-13)12-14-6-4-10-27-14/h3-6,9-10,15,19H,1-2,7-8,11-12H2,(H,24,25)/t15-/m1/s1. The van der Waals surface area contributed by atoms with Crippen molar-refractivity contribution in [3.05, 3.63) is 55.2 Å². The van der Waals surface area contributed by atoms with Gasteiger partial charge in [0.1, 0.15) is 6.04 Å². The van der Waals surface area contributed by atoms with Crippen LogP contribution in [-0.2, 0) is 17.9 Å². The number of amides is 2. The molecule has 0 radical (unpaired) electrons. The van der Waals surface area contributed by atoms with Gasteiger partial charge in [-0.2, -0.15) is 0 Å². The van der Waals surface area contributed by atoms with E-state index in [4.69, 9.17) is 10.6 Å². The van der Waals surface area contributed by atoms with Crippen LogP contribution in [0.3, 0.4) is 0 Å². The van der Waals surface area contributed by atoms with Gasteiger partial charge in [-0.05, 0) is 41.3 Å². The Morgan fingerprint density at radius 2 is 1.81 bits per heavy atom. The average Bonchev–Trinajstić information content (AvgIpc) is 3.33. The molecule has 8 nitrogen and oxygen atoms in total. The summed E-state index contributed by atoms with van der Waals surface area (Å²) in [5.41, 5.74) is 8.86. The van der Waals surface area contributed by atoms with Crippen LogP contribution in [0.15, 0.2) is 40.1 Å². The van der Waals surface area contributed by atoms with E-state index in [-0.39, 0.29) is 5.91 Å². The molecule has 2 N–H and O–H groups in total. The molecule has 0 fully saturated rings. The van der Waals surface area contributed by atoms with E-state index >= 15 is 0 Å². The number of hydrogen-bond acceptors (Lipinski definition) is 5. The minimum atomic E-state index is -1.07. The third-order valence-corrected chi connectivity index (χ3v) is 5.54. The summed E-state index contributed by atoms with van der Waals surface area (Å²) in [5, 5.41) is 18.5. The normalized spacial score (nSPS) is 11.4. The molecule has 27 heavy (non-hydrogen) atoms. The first-order valence-corrected chi connectivity index (χ1v) is 10.2. The van der Waals surface area contributed by atoms with Gasteiger partial charge in [-0.25, -0.2) is 4.79 Å². The highest BCUT2D eigenvalue weighted by Gasteiger charge is 2.24. The van der Waals surface area contributed by atoms with E-state index in [0.717, 1.165) is 9.75 Å². The molecule has 2 rings (SSSR count). The molecule has 0 saturated heterocycles. The summed E-state index contributed by atoms with van der Waals surface area (Å²) in [6.45, 7) is 1.24. The lowest BCUT2D eigenvalue weighted by atomic mass is 10.1. The van der Waals surface area contributed by atoms with Gasteiger partial charge in [0, 0.05) is 21.2 Å². The monoisotopic (exact) mass is 407 g/mol. The molecule has 2 amide bonds. The molecule has 2 aromatic heterocycles. The number of carbonyl (C=O) groups excluding carboxylic acids is 1. The quantitative estimate of drug-likeness (QED) is 0.248. The van der Waals surface area contributed by atoms with Gasteiger partial charge in [-0.15, -0.1) is 22.7 Å². The lowest BCUT2D eigenvalue weighted by Crippen LogP contribution is -2.37. The summed E-state index contributed by atoms with van der Waals surface area (Å²) in [6, 6.07) is 7.03. The van der Waals surface area contributed by atoms with Gasteiger partial charge in [-0.3, -0.25) is 4.79 Å². The van der Waals surface area contributed by atoms with E-state index < -0.39 is 12.1 Å². The Balaban J connectivity index is 2.01. The van der Waals surface area contributed by atoms with Crippen molar-refractivity contribution in [3.8, 4) is 0 Å². The Hall–Kier alpha value is -2.55. The lowest BCUT2D eigenvalue weighted by Gasteiger charge is -2.25. The van der Waals surface area contributed by atoms with Crippen molar-refractivity contribution in [3.63, 3.8) is 0 Å². The maximum Gasteiger partial charge on any atom is 0.404 e. The van der Waals surface area contributed by atoms with Crippen LogP contribution in [0.2, 0.25) is 0 Å². The molecule has 0 saturated carbocycles. The van der Waals surface area contributed by atoms with E-state index in [1.165, 1.54) is 0 Å². The van der Waals surface area contributed by atoms with E-state index in [0.29, 0.717) is 38.9 Å². The third kappa shape index (κ3) is 7.30. The lowest BCUT2D eigenvalue weighted by molar-refractivity contribution is -0.133. The number of hydrogen-bond donors (Lipinski definition) is 2. The topological polar surface area (TPSA) is 118 Å². The Morgan fingerprint density at radius 3 is 2.30 bits per heavy atom. The fraction of sp³-hybridized carbons (Fsp3) is 0.412. The Kier molecular flexibility index (Phi) is 8.63. The number of azide groups is 1. The molecular formula is C17H21N5O3S2. The summed E-state index contributed by atoms with van der Waals surface area (Å²) in [4.78, 5) is 30.2. The number of nitrogens with zero attached hydrogens (tertiary/aromatic N) is 4. The van der Waals surface area contributed by atoms with Crippen molar-refractivity contribution in [1.29, 1.82) is 0 Å². The molecule has 0 unspecified atom stereocenters. The van der Waals surface area contributed by atoms with Crippen molar-refractivity contribution in [2.75, 3.05) is 6.54 Å². The highest BCUT2D eigenvalue weighted by Crippen LogP contribution is 2.20. The van der Waals surface area contributed by atoms with Crippen LogP contribution in [0.25, 0.3) is 10.4 Å². The second-order valence-electron chi connectivity index (χ2n) is 5.80. The van der Waals surface area contributed by atoms with Gasteiger partial charge in [0.15, 0.2) is 0 Å². The first-order valence-electron chi connectivity index (χ1n) is 8.44. The molecule has 0 spiro atoms. The van der Waals surface area contributed by atoms with E-state index in [1.54, 1.807) is 27.6 Å². The van der Waals surface area contributed by atoms with Gasteiger partial charge in [0.2, 0.25) is 5.91 Å². The minimum absolute atomic E-state index is 0.208. The van der Waals surface area contributed by atoms with Gasteiger partial charge >= 0.3 is 6.09 Å². The first kappa shape index (κ1) is 20.8. The van der Waals surface area contributed by atoms with Crippen LogP contribution in [0.1, 0.15) is 29.0 Å². The zero-order chi connectivity index (χ0) is 19.5. The van der Waals surface area contributed by atoms with Crippen LogP contribution < -0.4 is 5.32 Å². The van der Waals surface area contributed by atoms with Crippen LogP contribution in [0.4, 0.5) is 4.79 Å². The first-order chi connectivity index (χ1) is 13.1. The number of carboxylic acid groups (broad SMARTS) is 1. The van der Waals surface area contributed by atoms with Gasteiger partial charge in [0.05, 0.1) is 13.1 Å². The summed E-state index contributed by atoms with van der Waals surface area (Å²) in [7, 11) is 0. The predicted molar refractivity (Wildman–Crippen MR) is 106 cm³/mol. The second kappa shape index (κ2) is 11.2. The van der Waals surface area contributed by atoms with E-state index in [1.807, 2.05) is 35.0 Å². The number of unbranched alkanes of at least 4 members (excludes halogenated alkanes) is 1. The molecule has 0 aliphatic heterocycles. The Bertz CT molecular complexity index is 721. The largest absolute Gasteiger partial charge is 0.465 e. The molecule has 2 aromatic rings.